The van der Waals surface area contributed by atoms with E-state index in [0.29, 0.717) is 19.5 Å². The molecule has 0 spiro atoms. The van der Waals surface area contributed by atoms with Crippen molar-refractivity contribution >= 4 is 34.5 Å². The third-order valence-corrected chi connectivity index (χ3v) is 5.25. The molecule has 0 aromatic carbocycles. The number of thiophene rings is 2. The maximum atomic E-state index is 12.0. The molecule has 4 nitrogen and oxygen atoms in total. The van der Waals surface area contributed by atoms with Gasteiger partial charge in [0.15, 0.2) is 0 Å². The highest BCUT2D eigenvalue weighted by Gasteiger charge is 2.47. The fraction of sp³-hybridized carbons (Fsp3) is 0.333. The average molecular weight is 320 g/mol. The van der Waals surface area contributed by atoms with Crippen molar-refractivity contribution in [3.05, 3.63) is 44.8 Å². The molecule has 21 heavy (non-hydrogen) atoms. The van der Waals surface area contributed by atoms with Gasteiger partial charge in [0.25, 0.3) is 0 Å². The first-order chi connectivity index (χ1) is 10.2. The topological polar surface area (TPSA) is 58.2 Å². The third kappa shape index (κ3) is 3.71. The number of rotatable bonds is 6. The number of hydrogen-bond acceptors (Lipinski definition) is 4. The zero-order chi connectivity index (χ0) is 14.7. The quantitative estimate of drug-likeness (QED) is 0.858. The largest absolute Gasteiger partial charge is 0.351 e. The summed E-state index contributed by atoms with van der Waals surface area (Å²) in [7, 11) is 0. The van der Waals surface area contributed by atoms with E-state index in [9.17, 15) is 9.59 Å². The number of carbonyl (C=O) groups is 2. The van der Waals surface area contributed by atoms with Gasteiger partial charge in [0.1, 0.15) is 0 Å². The molecule has 2 aromatic heterocycles. The summed E-state index contributed by atoms with van der Waals surface area (Å²) >= 11 is 3.24. The molecule has 3 rings (SSSR count). The molecule has 2 aromatic rings. The van der Waals surface area contributed by atoms with Gasteiger partial charge in [0, 0.05) is 9.75 Å². The first-order valence-corrected chi connectivity index (χ1v) is 8.60. The highest BCUT2D eigenvalue weighted by molar-refractivity contribution is 7.10. The normalized spacial score (nSPS) is 20.0. The second-order valence-corrected chi connectivity index (χ2v) is 7.11. The minimum atomic E-state index is -0.159. The Hall–Kier alpha value is -1.66. The molecule has 1 aliphatic carbocycles. The van der Waals surface area contributed by atoms with Crippen molar-refractivity contribution in [1.82, 2.24) is 10.6 Å². The van der Waals surface area contributed by atoms with Crippen LogP contribution >= 0.6 is 22.7 Å². The molecule has 0 bridgehead atoms. The number of amides is 2. The lowest BCUT2D eigenvalue weighted by Gasteiger charge is -2.04. The zero-order valence-electron chi connectivity index (χ0n) is 11.4. The summed E-state index contributed by atoms with van der Waals surface area (Å²) in [5.41, 5.74) is 0. The molecule has 0 aliphatic heterocycles. The number of nitrogens with one attached hydrogen (secondary N) is 2. The SMILES string of the molecule is O=C(NCc1cccs1)[C@@H]1C[C@H]1C(=O)NCc1cccs1. The van der Waals surface area contributed by atoms with Crippen molar-refractivity contribution < 1.29 is 9.59 Å². The fourth-order valence-corrected chi connectivity index (χ4v) is 3.50. The Labute approximate surface area is 131 Å². The lowest BCUT2D eigenvalue weighted by atomic mass is 10.2. The van der Waals surface area contributed by atoms with E-state index in [1.165, 1.54) is 0 Å². The van der Waals surface area contributed by atoms with E-state index in [2.05, 4.69) is 10.6 Å². The summed E-state index contributed by atoms with van der Waals surface area (Å²) in [6.45, 7) is 1.10. The van der Waals surface area contributed by atoms with Gasteiger partial charge >= 0.3 is 0 Å². The molecule has 0 unspecified atom stereocenters. The molecule has 0 radical (unpaired) electrons. The molecule has 110 valence electrons. The predicted molar refractivity (Wildman–Crippen MR) is 83.9 cm³/mol. The van der Waals surface area contributed by atoms with Crippen LogP contribution in [0.1, 0.15) is 16.2 Å². The standard InChI is InChI=1S/C15H16N2O2S2/c18-14(16-8-10-3-1-5-20-10)12-7-13(12)15(19)17-9-11-4-2-6-21-11/h1-6,12-13H,7-9H2,(H,16,18)(H,17,19)/t12-,13-/m1/s1. The number of hydrogen-bond donors (Lipinski definition) is 2. The lowest BCUT2D eigenvalue weighted by Crippen LogP contribution is -2.29. The summed E-state index contributed by atoms with van der Waals surface area (Å²) in [5, 5.41) is 9.76. The highest BCUT2D eigenvalue weighted by atomic mass is 32.1. The average Bonchev–Trinajstić information content (AvgIpc) is 2.91. The molecule has 2 amide bonds. The Kier molecular flexibility index (Phi) is 4.36. The predicted octanol–water partition coefficient (Wildman–Crippen LogP) is 2.38. The minimum Gasteiger partial charge on any atom is -0.351 e. The Morgan fingerprint density at radius 3 is 1.81 bits per heavy atom. The smallest absolute Gasteiger partial charge is 0.224 e. The van der Waals surface area contributed by atoms with Crippen molar-refractivity contribution in [2.45, 2.75) is 19.5 Å². The van der Waals surface area contributed by atoms with Gasteiger partial charge in [-0.1, -0.05) is 12.1 Å². The second kappa shape index (κ2) is 6.41. The van der Waals surface area contributed by atoms with Gasteiger partial charge in [-0.15, -0.1) is 22.7 Å². The van der Waals surface area contributed by atoms with Crippen LogP contribution in [-0.2, 0) is 22.7 Å². The van der Waals surface area contributed by atoms with Crippen LogP contribution in [0, 0.1) is 11.8 Å². The summed E-state index contributed by atoms with van der Waals surface area (Å²) in [4.78, 5) is 26.2. The zero-order valence-corrected chi connectivity index (χ0v) is 13.0. The van der Waals surface area contributed by atoms with Crippen molar-refractivity contribution in [2.75, 3.05) is 0 Å². The Morgan fingerprint density at radius 2 is 1.43 bits per heavy atom. The van der Waals surface area contributed by atoms with Crippen molar-refractivity contribution in [1.29, 1.82) is 0 Å². The minimum absolute atomic E-state index is 0.0142. The summed E-state index contributed by atoms with van der Waals surface area (Å²) in [6.07, 6.45) is 0.659. The second-order valence-electron chi connectivity index (χ2n) is 5.04. The van der Waals surface area contributed by atoms with E-state index in [0.717, 1.165) is 9.75 Å². The van der Waals surface area contributed by atoms with E-state index in [4.69, 9.17) is 0 Å². The van der Waals surface area contributed by atoms with Crippen molar-refractivity contribution in [2.24, 2.45) is 11.8 Å². The first kappa shape index (κ1) is 14.3. The fourth-order valence-electron chi connectivity index (χ4n) is 2.21. The van der Waals surface area contributed by atoms with E-state index in [1.54, 1.807) is 22.7 Å². The molecular formula is C15H16N2O2S2. The van der Waals surface area contributed by atoms with Gasteiger partial charge in [-0.25, -0.2) is 0 Å². The van der Waals surface area contributed by atoms with Gasteiger partial charge in [0.2, 0.25) is 11.8 Å². The number of carbonyl (C=O) groups excluding carboxylic acids is 2. The van der Waals surface area contributed by atoms with Crippen molar-refractivity contribution in [3.8, 4) is 0 Å². The highest BCUT2D eigenvalue weighted by Crippen LogP contribution is 2.38. The van der Waals surface area contributed by atoms with Gasteiger partial charge in [-0.3, -0.25) is 9.59 Å². The summed E-state index contributed by atoms with van der Waals surface area (Å²) < 4.78 is 0. The third-order valence-electron chi connectivity index (χ3n) is 3.50. The van der Waals surface area contributed by atoms with Crippen LogP contribution in [0.25, 0.3) is 0 Å². The van der Waals surface area contributed by atoms with Crippen LogP contribution in [-0.4, -0.2) is 11.8 Å². The molecule has 2 N–H and O–H groups in total. The first-order valence-electron chi connectivity index (χ1n) is 6.84. The molecule has 2 atom stereocenters. The van der Waals surface area contributed by atoms with Crippen LogP contribution in [0.4, 0.5) is 0 Å². The van der Waals surface area contributed by atoms with Crippen LogP contribution in [0.15, 0.2) is 35.0 Å². The van der Waals surface area contributed by atoms with Gasteiger partial charge in [-0.2, -0.15) is 0 Å². The van der Waals surface area contributed by atoms with Gasteiger partial charge in [-0.05, 0) is 29.3 Å². The maximum Gasteiger partial charge on any atom is 0.224 e. The lowest BCUT2D eigenvalue weighted by molar-refractivity contribution is -0.127. The molecule has 6 heteroatoms. The molecule has 1 aliphatic rings. The molecular weight excluding hydrogens is 304 g/mol. The Morgan fingerprint density at radius 1 is 0.952 bits per heavy atom. The van der Waals surface area contributed by atoms with E-state index < -0.39 is 0 Å². The van der Waals surface area contributed by atoms with E-state index >= 15 is 0 Å². The van der Waals surface area contributed by atoms with E-state index in [1.807, 2.05) is 35.0 Å². The van der Waals surface area contributed by atoms with Gasteiger partial charge in [0.05, 0.1) is 24.9 Å². The monoisotopic (exact) mass is 320 g/mol. The summed E-state index contributed by atoms with van der Waals surface area (Å²) in [5.74, 6) is -0.346. The Balaban J connectivity index is 1.40. The van der Waals surface area contributed by atoms with Crippen LogP contribution in [0.5, 0.6) is 0 Å². The van der Waals surface area contributed by atoms with Crippen LogP contribution < -0.4 is 10.6 Å². The maximum absolute atomic E-state index is 12.0. The van der Waals surface area contributed by atoms with Gasteiger partial charge < -0.3 is 10.6 Å². The molecule has 2 heterocycles. The Bertz CT molecular complexity index is 553. The van der Waals surface area contributed by atoms with Crippen LogP contribution in [0.2, 0.25) is 0 Å². The summed E-state index contributed by atoms with van der Waals surface area (Å²) in [6, 6.07) is 7.90. The molecule has 1 fully saturated rings. The van der Waals surface area contributed by atoms with Crippen LogP contribution in [0.3, 0.4) is 0 Å². The van der Waals surface area contributed by atoms with E-state index in [-0.39, 0.29) is 23.7 Å². The van der Waals surface area contributed by atoms with Crippen molar-refractivity contribution in [3.63, 3.8) is 0 Å². The molecule has 1 saturated carbocycles. The molecule has 0 saturated heterocycles.